The molecule has 0 radical (unpaired) electrons. The SMILES string of the molecule is CCC1(CNC(=NC)NCC2CCCOC2c2ccccc2)CCC1. The van der Waals surface area contributed by atoms with E-state index in [0.29, 0.717) is 11.3 Å². The van der Waals surface area contributed by atoms with Crippen molar-refractivity contribution in [3.05, 3.63) is 35.9 Å². The highest BCUT2D eigenvalue weighted by Gasteiger charge is 2.35. The molecule has 0 bridgehead atoms. The zero-order valence-electron chi connectivity index (χ0n) is 15.8. The Hall–Kier alpha value is -1.55. The van der Waals surface area contributed by atoms with Gasteiger partial charge < -0.3 is 15.4 Å². The zero-order valence-corrected chi connectivity index (χ0v) is 15.8. The van der Waals surface area contributed by atoms with Gasteiger partial charge in [0.2, 0.25) is 0 Å². The Morgan fingerprint density at radius 3 is 2.64 bits per heavy atom. The summed E-state index contributed by atoms with van der Waals surface area (Å²) in [5.74, 6) is 1.41. The van der Waals surface area contributed by atoms with Gasteiger partial charge in [0, 0.05) is 32.7 Å². The summed E-state index contributed by atoms with van der Waals surface area (Å²) in [5.41, 5.74) is 1.79. The summed E-state index contributed by atoms with van der Waals surface area (Å²) in [6.07, 6.45) is 7.85. The van der Waals surface area contributed by atoms with Gasteiger partial charge in [-0.1, -0.05) is 43.7 Å². The predicted molar refractivity (Wildman–Crippen MR) is 104 cm³/mol. The van der Waals surface area contributed by atoms with Crippen molar-refractivity contribution in [2.45, 2.75) is 51.6 Å². The normalized spacial score (nSPS) is 25.9. The number of ether oxygens (including phenoxy) is 1. The average molecular weight is 344 g/mol. The summed E-state index contributed by atoms with van der Waals surface area (Å²) in [4.78, 5) is 4.42. The highest BCUT2D eigenvalue weighted by atomic mass is 16.5. The van der Waals surface area contributed by atoms with Gasteiger partial charge in [0.15, 0.2) is 5.96 Å². The van der Waals surface area contributed by atoms with Crippen LogP contribution in [0.4, 0.5) is 0 Å². The Morgan fingerprint density at radius 2 is 2.00 bits per heavy atom. The van der Waals surface area contributed by atoms with Crippen LogP contribution in [0.25, 0.3) is 0 Å². The van der Waals surface area contributed by atoms with Crippen molar-refractivity contribution in [3.8, 4) is 0 Å². The number of aliphatic imine (C=N–C) groups is 1. The van der Waals surface area contributed by atoms with Crippen LogP contribution in [0.5, 0.6) is 0 Å². The van der Waals surface area contributed by atoms with Crippen molar-refractivity contribution in [2.24, 2.45) is 16.3 Å². The van der Waals surface area contributed by atoms with Crippen molar-refractivity contribution >= 4 is 5.96 Å². The predicted octanol–water partition coefficient (Wildman–Crippen LogP) is 3.90. The Labute approximate surface area is 152 Å². The standard InChI is InChI=1S/C21H33N3O/c1-3-21(12-8-13-21)16-24-20(22-2)23-15-18-11-7-14-25-19(18)17-9-5-4-6-10-17/h4-6,9-10,18-19H,3,7-8,11-16H2,1-2H3,(H2,22,23,24). The molecule has 1 aromatic carbocycles. The first kappa shape index (κ1) is 18.2. The molecule has 0 amide bonds. The molecule has 3 rings (SSSR count). The minimum atomic E-state index is 0.189. The molecule has 2 unspecified atom stereocenters. The average Bonchev–Trinajstić information content (AvgIpc) is 2.64. The Balaban J connectivity index is 1.53. The third kappa shape index (κ3) is 4.55. The van der Waals surface area contributed by atoms with Crippen molar-refractivity contribution in [1.29, 1.82) is 0 Å². The summed E-state index contributed by atoms with van der Waals surface area (Å²) in [6, 6.07) is 10.6. The van der Waals surface area contributed by atoms with Crippen LogP contribution < -0.4 is 10.6 Å². The molecule has 2 aliphatic rings. The van der Waals surface area contributed by atoms with Gasteiger partial charge in [-0.25, -0.2) is 0 Å². The zero-order chi connectivity index (χ0) is 17.5. The van der Waals surface area contributed by atoms with Crippen LogP contribution in [0, 0.1) is 11.3 Å². The van der Waals surface area contributed by atoms with Crippen LogP contribution >= 0.6 is 0 Å². The van der Waals surface area contributed by atoms with Crippen LogP contribution in [-0.2, 0) is 4.74 Å². The van der Waals surface area contributed by atoms with Crippen molar-refractivity contribution in [2.75, 3.05) is 26.7 Å². The second-order valence-electron chi connectivity index (χ2n) is 7.62. The van der Waals surface area contributed by atoms with Gasteiger partial charge in [-0.15, -0.1) is 0 Å². The van der Waals surface area contributed by atoms with Crippen molar-refractivity contribution < 1.29 is 4.74 Å². The maximum Gasteiger partial charge on any atom is 0.191 e. The van der Waals surface area contributed by atoms with E-state index in [-0.39, 0.29) is 6.10 Å². The maximum absolute atomic E-state index is 6.10. The number of benzene rings is 1. The lowest BCUT2D eigenvalue weighted by Crippen LogP contribution is -2.47. The minimum absolute atomic E-state index is 0.189. The second kappa shape index (κ2) is 8.70. The lowest BCUT2D eigenvalue weighted by atomic mass is 9.67. The molecule has 1 aromatic rings. The highest BCUT2D eigenvalue weighted by Crippen LogP contribution is 2.43. The molecule has 1 aliphatic carbocycles. The van der Waals surface area contributed by atoms with E-state index in [4.69, 9.17) is 4.74 Å². The van der Waals surface area contributed by atoms with E-state index in [9.17, 15) is 0 Å². The van der Waals surface area contributed by atoms with Crippen molar-refractivity contribution in [3.63, 3.8) is 0 Å². The fourth-order valence-electron chi connectivity index (χ4n) is 4.12. The highest BCUT2D eigenvalue weighted by molar-refractivity contribution is 5.79. The Morgan fingerprint density at radius 1 is 1.20 bits per heavy atom. The Kier molecular flexibility index (Phi) is 6.35. The molecule has 0 aromatic heterocycles. The summed E-state index contributed by atoms with van der Waals surface area (Å²) < 4.78 is 6.10. The van der Waals surface area contributed by atoms with E-state index in [1.165, 1.54) is 37.7 Å². The molecular weight excluding hydrogens is 310 g/mol. The first-order chi connectivity index (χ1) is 12.3. The molecule has 1 saturated heterocycles. The number of hydrogen-bond acceptors (Lipinski definition) is 2. The lowest BCUT2D eigenvalue weighted by molar-refractivity contribution is -0.0265. The van der Waals surface area contributed by atoms with Gasteiger partial charge in [-0.3, -0.25) is 4.99 Å². The number of hydrogen-bond donors (Lipinski definition) is 2. The van der Waals surface area contributed by atoms with E-state index in [2.05, 4.69) is 52.9 Å². The van der Waals surface area contributed by atoms with Crippen LogP contribution in [0.2, 0.25) is 0 Å². The van der Waals surface area contributed by atoms with Crippen LogP contribution in [0.15, 0.2) is 35.3 Å². The number of guanidine groups is 1. The molecule has 138 valence electrons. The van der Waals surface area contributed by atoms with Gasteiger partial charge in [-0.05, 0) is 43.1 Å². The first-order valence-electron chi connectivity index (χ1n) is 9.87. The van der Waals surface area contributed by atoms with Crippen LogP contribution in [0.3, 0.4) is 0 Å². The van der Waals surface area contributed by atoms with E-state index >= 15 is 0 Å². The van der Waals surface area contributed by atoms with E-state index in [0.717, 1.165) is 32.1 Å². The quantitative estimate of drug-likeness (QED) is 0.608. The molecule has 1 saturated carbocycles. The monoisotopic (exact) mass is 343 g/mol. The first-order valence-corrected chi connectivity index (χ1v) is 9.87. The summed E-state index contributed by atoms with van der Waals surface area (Å²) in [5, 5.41) is 7.10. The number of nitrogens with zero attached hydrogens (tertiary/aromatic N) is 1. The molecule has 2 fully saturated rings. The fraction of sp³-hybridized carbons (Fsp3) is 0.667. The molecule has 25 heavy (non-hydrogen) atoms. The van der Waals surface area contributed by atoms with Gasteiger partial charge in [0.25, 0.3) is 0 Å². The number of nitrogens with one attached hydrogen (secondary N) is 2. The third-order valence-electron chi connectivity index (χ3n) is 6.12. The smallest absolute Gasteiger partial charge is 0.191 e. The van der Waals surface area contributed by atoms with Gasteiger partial charge in [-0.2, -0.15) is 0 Å². The largest absolute Gasteiger partial charge is 0.373 e. The lowest BCUT2D eigenvalue weighted by Gasteiger charge is -2.41. The van der Waals surface area contributed by atoms with Gasteiger partial charge in [0.05, 0.1) is 6.10 Å². The molecule has 2 atom stereocenters. The fourth-order valence-corrected chi connectivity index (χ4v) is 4.12. The number of rotatable bonds is 6. The summed E-state index contributed by atoms with van der Waals surface area (Å²) in [6.45, 7) is 5.10. The topological polar surface area (TPSA) is 45.7 Å². The second-order valence-corrected chi connectivity index (χ2v) is 7.62. The molecular formula is C21H33N3O. The maximum atomic E-state index is 6.10. The molecule has 4 nitrogen and oxygen atoms in total. The minimum Gasteiger partial charge on any atom is -0.373 e. The summed E-state index contributed by atoms with van der Waals surface area (Å²) in [7, 11) is 1.86. The van der Waals surface area contributed by atoms with Crippen molar-refractivity contribution in [1.82, 2.24) is 10.6 Å². The third-order valence-corrected chi connectivity index (χ3v) is 6.12. The molecule has 4 heteroatoms. The molecule has 2 N–H and O–H groups in total. The Bertz CT molecular complexity index is 548. The van der Waals surface area contributed by atoms with E-state index < -0.39 is 0 Å². The molecule has 1 aliphatic heterocycles. The van der Waals surface area contributed by atoms with Gasteiger partial charge >= 0.3 is 0 Å². The van der Waals surface area contributed by atoms with Crippen LogP contribution in [-0.4, -0.2) is 32.7 Å². The van der Waals surface area contributed by atoms with E-state index in [1.54, 1.807) is 0 Å². The van der Waals surface area contributed by atoms with Gasteiger partial charge in [0.1, 0.15) is 0 Å². The van der Waals surface area contributed by atoms with E-state index in [1.807, 2.05) is 7.05 Å². The molecule has 1 heterocycles. The summed E-state index contributed by atoms with van der Waals surface area (Å²) >= 11 is 0. The van der Waals surface area contributed by atoms with Crippen LogP contribution in [0.1, 0.15) is 57.1 Å². The molecule has 0 spiro atoms.